The van der Waals surface area contributed by atoms with E-state index in [0.29, 0.717) is 31.9 Å². The first-order valence-electron chi connectivity index (χ1n) is 8.68. The lowest BCUT2D eigenvalue weighted by atomic mass is 10.0. The monoisotopic (exact) mass is 363 g/mol. The molecule has 0 saturated carbocycles. The Labute approximate surface area is 157 Å². The number of nitrogens with one attached hydrogen (secondary N) is 1. The molecule has 0 unspecified atom stereocenters. The minimum atomic E-state index is -0.350. The van der Waals surface area contributed by atoms with Gasteiger partial charge in [-0.3, -0.25) is 9.59 Å². The van der Waals surface area contributed by atoms with E-state index in [4.69, 9.17) is 6.42 Å². The van der Waals surface area contributed by atoms with Gasteiger partial charge in [0.2, 0.25) is 0 Å². The van der Waals surface area contributed by atoms with Crippen LogP contribution in [0.3, 0.4) is 0 Å². The molecular weight excluding hydrogens is 342 g/mol. The number of terminal acetylenes is 1. The summed E-state index contributed by atoms with van der Waals surface area (Å²) in [5, 5.41) is 13.7. The lowest BCUT2D eigenvalue weighted by molar-refractivity contribution is -0.128. The summed E-state index contributed by atoms with van der Waals surface area (Å²) in [6.45, 7) is 2.08. The summed E-state index contributed by atoms with van der Waals surface area (Å²) in [7, 11) is 3.88. The van der Waals surface area contributed by atoms with Crippen molar-refractivity contribution in [1.29, 1.82) is 5.26 Å². The molecule has 1 N–H and O–H groups in total. The van der Waals surface area contributed by atoms with Gasteiger partial charge in [0.15, 0.2) is 0 Å². The van der Waals surface area contributed by atoms with Gasteiger partial charge in [0.05, 0.1) is 17.2 Å². The van der Waals surface area contributed by atoms with Gasteiger partial charge in [-0.25, -0.2) is 0 Å². The Balaban J connectivity index is 2.00. The first-order valence-corrected chi connectivity index (χ1v) is 8.68. The number of pyridine rings is 1. The maximum absolute atomic E-state index is 12.9. The molecule has 1 aromatic heterocycles. The maximum Gasteiger partial charge on any atom is 0.298 e. The SMILES string of the molecule is C#CC(=O)N1CC(Nc2c(C#N)c(=O)n(CCN(C)C)c3ccccc23)C1. The molecule has 138 valence electrons. The van der Waals surface area contributed by atoms with E-state index in [-0.39, 0.29) is 23.1 Å². The van der Waals surface area contributed by atoms with E-state index in [1.54, 1.807) is 9.47 Å². The Morgan fingerprint density at radius 3 is 2.70 bits per heavy atom. The van der Waals surface area contributed by atoms with Gasteiger partial charge >= 0.3 is 0 Å². The fraction of sp³-hybridized carbons (Fsp3) is 0.350. The average Bonchev–Trinajstić information content (AvgIpc) is 2.62. The molecule has 1 aliphatic rings. The number of hydrogen-bond donors (Lipinski definition) is 1. The summed E-state index contributed by atoms with van der Waals surface area (Å²) in [6, 6.07) is 9.55. The second-order valence-corrected chi connectivity index (χ2v) is 6.83. The van der Waals surface area contributed by atoms with Gasteiger partial charge in [-0.05, 0) is 26.1 Å². The van der Waals surface area contributed by atoms with Gasteiger partial charge < -0.3 is 19.7 Å². The third-order valence-corrected chi connectivity index (χ3v) is 4.70. The van der Waals surface area contributed by atoms with Crippen molar-refractivity contribution in [3.8, 4) is 18.4 Å². The van der Waals surface area contributed by atoms with Crippen LogP contribution in [0.15, 0.2) is 29.1 Å². The second-order valence-electron chi connectivity index (χ2n) is 6.83. The van der Waals surface area contributed by atoms with Crippen molar-refractivity contribution in [3.05, 3.63) is 40.2 Å². The van der Waals surface area contributed by atoms with Crippen molar-refractivity contribution in [2.75, 3.05) is 39.0 Å². The van der Waals surface area contributed by atoms with Gasteiger partial charge in [0, 0.05) is 31.6 Å². The van der Waals surface area contributed by atoms with E-state index in [2.05, 4.69) is 17.3 Å². The van der Waals surface area contributed by atoms with E-state index >= 15 is 0 Å². The van der Waals surface area contributed by atoms with Crippen molar-refractivity contribution < 1.29 is 4.79 Å². The normalized spacial score (nSPS) is 13.9. The molecule has 1 aromatic carbocycles. The lowest BCUT2D eigenvalue weighted by Crippen LogP contribution is -2.56. The van der Waals surface area contributed by atoms with Gasteiger partial charge in [0.25, 0.3) is 11.5 Å². The summed E-state index contributed by atoms with van der Waals surface area (Å²) in [5.74, 6) is 1.74. The van der Waals surface area contributed by atoms with E-state index in [9.17, 15) is 14.9 Å². The minimum absolute atomic E-state index is 0.0465. The Hall–Kier alpha value is -3.29. The predicted molar refractivity (Wildman–Crippen MR) is 104 cm³/mol. The number of anilines is 1. The molecule has 1 saturated heterocycles. The third-order valence-electron chi connectivity index (χ3n) is 4.70. The number of nitrogens with zero attached hydrogens (tertiary/aromatic N) is 4. The molecular formula is C20H21N5O2. The van der Waals surface area contributed by atoms with Crippen LogP contribution in [0.2, 0.25) is 0 Å². The standard InChI is InChI=1S/C20H21N5O2/c1-4-18(26)24-12-14(13-24)22-19-15-7-5-6-8-17(15)25(10-9-23(2)3)20(27)16(19)11-21/h1,5-8,14,22H,9-10,12-13H2,2-3H3. The maximum atomic E-state index is 12.9. The van der Waals surface area contributed by atoms with Crippen LogP contribution >= 0.6 is 0 Å². The molecule has 7 heteroatoms. The number of fused-ring (bicyclic) bond motifs is 1. The van der Waals surface area contributed by atoms with Crippen LogP contribution in [0.25, 0.3) is 10.9 Å². The average molecular weight is 363 g/mol. The number of nitriles is 1. The molecule has 0 spiro atoms. The number of aromatic nitrogens is 1. The van der Waals surface area contributed by atoms with Crippen molar-refractivity contribution in [2.24, 2.45) is 0 Å². The number of likely N-dealkylation sites (N-methyl/N-ethyl adjacent to an activating group) is 1. The fourth-order valence-electron chi connectivity index (χ4n) is 3.21. The van der Waals surface area contributed by atoms with Gasteiger partial charge in [-0.1, -0.05) is 18.2 Å². The third kappa shape index (κ3) is 3.51. The minimum Gasteiger partial charge on any atom is -0.377 e. The van der Waals surface area contributed by atoms with Crippen molar-refractivity contribution in [2.45, 2.75) is 12.6 Å². The van der Waals surface area contributed by atoms with E-state index in [1.165, 1.54) is 0 Å². The molecule has 0 bridgehead atoms. The zero-order chi connectivity index (χ0) is 19.6. The summed E-state index contributed by atoms with van der Waals surface area (Å²) in [6.07, 6.45) is 5.13. The smallest absolute Gasteiger partial charge is 0.298 e. The van der Waals surface area contributed by atoms with E-state index in [0.717, 1.165) is 10.9 Å². The summed E-state index contributed by atoms with van der Waals surface area (Å²) < 4.78 is 1.65. The van der Waals surface area contributed by atoms with Crippen LogP contribution in [0, 0.1) is 23.7 Å². The molecule has 7 nitrogen and oxygen atoms in total. The molecule has 0 aliphatic carbocycles. The topological polar surface area (TPSA) is 81.4 Å². The highest BCUT2D eigenvalue weighted by atomic mass is 16.2. The summed E-state index contributed by atoms with van der Waals surface area (Å²) in [5.41, 5.74) is 1.09. The summed E-state index contributed by atoms with van der Waals surface area (Å²) in [4.78, 5) is 28.0. The van der Waals surface area contributed by atoms with Gasteiger partial charge in [-0.2, -0.15) is 5.26 Å². The van der Waals surface area contributed by atoms with Crippen LogP contribution < -0.4 is 10.9 Å². The number of hydrogen-bond acceptors (Lipinski definition) is 5. The van der Waals surface area contributed by atoms with Crippen LogP contribution in [-0.2, 0) is 11.3 Å². The van der Waals surface area contributed by atoms with Crippen LogP contribution in [0.5, 0.6) is 0 Å². The zero-order valence-electron chi connectivity index (χ0n) is 15.4. The first kappa shape index (κ1) is 18.5. The number of para-hydroxylation sites is 1. The van der Waals surface area contributed by atoms with Gasteiger partial charge in [-0.15, -0.1) is 6.42 Å². The van der Waals surface area contributed by atoms with Crippen molar-refractivity contribution in [1.82, 2.24) is 14.4 Å². The van der Waals surface area contributed by atoms with Crippen LogP contribution in [0.1, 0.15) is 5.56 Å². The van der Waals surface area contributed by atoms with E-state index in [1.807, 2.05) is 43.3 Å². The molecule has 27 heavy (non-hydrogen) atoms. The highest BCUT2D eigenvalue weighted by molar-refractivity contribution is 5.95. The second kappa shape index (κ2) is 7.53. The molecule has 1 fully saturated rings. The number of rotatable bonds is 5. The molecule has 0 radical (unpaired) electrons. The molecule has 2 heterocycles. The Bertz CT molecular complexity index is 1020. The Morgan fingerprint density at radius 1 is 1.37 bits per heavy atom. The van der Waals surface area contributed by atoms with Crippen molar-refractivity contribution >= 4 is 22.5 Å². The van der Waals surface area contributed by atoms with E-state index < -0.39 is 0 Å². The highest BCUT2D eigenvalue weighted by Gasteiger charge is 2.31. The Morgan fingerprint density at radius 2 is 2.07 bits per heavy atom. The number of carbonyl (C=O) groups is 1. The molecule has 1 aliphatic heterocycles. The number of amides is 1. The highest BCUT2D eigenvalue weighted by Crippen LogP contribution is 2.27. The number of benzene rings is 1. The first-order chi connectivity index (χ1) is 13.0. The summed E-state index contributed by atoms with van der Waals surface area (Å²) >= 11 is 0. The van der Waals surface area contributed by atoms with Crippen LogP contribution in [-0.4, -0.2) is 60.0 Å². The molecule has 3 rings (SSSR count). The number of likely N-dealkylation sites (tertiary alicyclic amines) is 1. The zero-order valence-corrected chi connectivity index (χ0v) is 15.4. The predicted octanol–water partition coefficient (Wildman–Crippen LogP) is 0.691. The fourth-order valence-corrected chi connectivity index (χ4v) is 3.21. The molecule has 2 aromatic rings. The quantitative estimate of drug-likeness (QED) is 0.791. The van der Waals surface area contributed by atoms with Crippen molar-refractivity contribution in [3.63, 3.8) is 0 Å². The molecule has 0 atom stereocenters. The number of carbonyl (C=O) groups excluding carboxylic acids is 1. The molecule has 1 amide bonds. The Kier molecular flexibility index (Phi) is 5.16. The van der Waals surface area contributed by atoms with Crippen LogP contribution in [0.4, 0.5) is 5.69 Å². The largest absolute Gasteiger partial charge is 0.377 e. The lowest BCUT2D eigenvalue weighted by Gasteiger charge is -2.39. The van der Waals surface area contributed by atoms with Gasteiger partial charge in [0.1, 0.15) is 11.6 Å².